The number of hydrogen-bond acceptors (Lipinski definition) is 3. The van der Waals surface area contributed by atoms with Crippen LogP contribution >= 0.6 is 0 Å². The largest absolute Gasteiger partial charge is 0.396 e. The maximum atomic E-state index is 11.1. The van der Waals surface area contributed by atoms with Crippen molar-refractivity contribution in [2.75, 3.05) is 6.61 Å². The normalized spacial score (nSPS) is 47.7. The molecule has 3 fully saturated rings. The topological polar surface area (TPSA) is 60.7 Å². The third kappa shape index (κ3) is 3.74. The molecule has 166 valence electrons. The summed E-state index contributed by atoms with van der Waals surface area (Å²) < 4.78 is 0. The summed E-state index contributed by atoms with van der Waals surface area (Å²) in [5.74, 6) is 2.96. The van der Waals surface area contributed by atoms with Gasteiger partial charge < -0.3 is 15.3 Å². The molecule has 3 N–H and O–H groups in total. The molecule has 4 aliphatic rings. The van der Waals surface area contributed by atoms with Gasteiger partial charge in [-0.15, -0.1) is 0 Å². The zero-order valence-electron chi connectivity index (χ0n) is 18.9. The van der Waals surface area contributed by atoms with E-state index in [4.69, 9.17) is 0 Å². The summed E-state index contributed by atoms with van der Waals surface area (Å²) in [5.41, 5.74) is 2.11. The van der Waals surface area contributed by atoms with E-state index < -0.39 is 0 Å². The van der Waals surface area contributed by atoms with Gasteiger partial charge in [-0.1, -0.05) is 45.3 Å². The Hall–Kier alpha value is -0.380. The third-order valence-corrected chi connectivity index (χ3v) is 10.1. The Morgan fingerprint density at radius 2 is 1.90 bits per heavy atom. The van der Waals surface area contributed by atoms with Crippen molar-refractivity contribution in [2.45, 2.75) is 104 Å². The lowest BCUT2D eigenvalue weighted by Crippen LogP contribution is -2.50. The summed E-state index contributed by atoms with van der Waals surface area (Å²) in [6, 6.07) is 0. The van der Waals surface area contributed by atoms with Gasteiger partial charge in [0.2, 0.25) is 0 Å². The van der Waals surface area contributed by atoms with Crippen molar-refractivity contribution in [3.63, 3.8) is 0 Å². The third-order valence-electron chi connectivity index (χ3n) is 10.1. The fourth-order valence-corrected chi connectivity index (χ4v) is 8.23. The van der Waals surface area contributed by atoms with Crippen LogP contribution in [-0.2, 0) is 0 Å². The van der Waals surface area contributed by atoms with Gasteiger partial charge in [0.25, 0.3) is 0 Å². The van der Waals surface area contributed by atoms with E-state index in [2.05, 4.69) is 26.8 Å². The highest BCUT2D eigenvalue weighted by molar-refractivity contribution is 5.25. The Bertz CT molecular complexity index is 615. The van der Waals surface area contributed by atoms with E-state index in [0.29, 0.717) is 35.7 Å². The van der Waals surface area contributed by atoms with E-state index in [1.165, 1.54) is 31.3 Å². The van der Waals surface area contributed by atoms with Crippen LogP contribution < -0.4 is 0 Å². The second-order valence-corrected chi connectivity index (χ2v) is 11.7. The molecule has 0 radical (unpaired) electrons. The average Bonchev–Trinajstić information content (AvgIpc) is 2.95. The molecule has 0 bridgehead atoms. The molecule has 4 aliphatic carbocycles. The number of aliphatic hydroxyl groups is 3. The van der Waals surface area contributed by atoms with Crippen molar-refractivity contribution >= 4 is 0 Å². The lowest BCUT2D eigenvalue weighted by molar-refractivity contribution is -0.0533. The summed E-state index contributed by atoms with van der Waals surface area (Å²) in [6.45, 7) is 7.39. The second kappa shape index (κ2) is 8.28. The van der Waals surface area contributed by atoms with E-state index >= 15 is 0 Å². The van der Waals surface area contributed by atoms with Gasteiger partial charge in [-0.25, -0.2) is 0 Å². The molecule has 3 heteroatoms. The van der Waals surface area contributed by atoms with Gasteiger partial charge in [0.1, 0.15) is 0 Å². The fourth-order valence-electron chi connectivity index (χ4n) is 8.23. The minimum absolute atomic E-state index is 0.133. The molecular formula is C26H44O3. The van der Waals surface area contributed by atoms with Crippen LogP contribution in [0.15, 0.2) is 11.6 Å². The summed E-state index contributed by atoms with van der Waals surface area (Å²) >= 11 is 0. The Morgan fingerprint density at radius 3 is 2.66 bits per heavy atom. The van der Waals surface area contributed by atoms with Crippen LogP contribution in [0.3, 0.4) is 0 Å². The minimum atomic E-state index is -0.134. The van der Waals surface area contributed by atoms with Crippen LogP contribution in [0.5, 0.6) is 0 Å². The first kappa shape index (κ1) is 21.8. The highest BCUT2D eigenvalue weighted by Gasteiger charge is 2.60. The van der Waals surface area contributed by atoms with Crippen molar-refractivity contribution in [2.24, 2.45) is 40.4 Å². The molecule has 0 heterocycles. The maximum Gasteiger partial charge on any atom is 0.0577 e. The standard InChI is InChI=1S/C26H44O3/c1-17(16-27)6-4-5-7-22-24(29)15-23-20-9-8-18-14-19(28)10-12-25(18,2)21(20)11-13-26(22,23)3/h8,17,19-24,27-29H,4-7,9-16H2,1-3H3. The van der Waals surface area contributed by atoms with Gasteiger partial charge in [0.15, 0.2) is 0 Å². The highest BCUT2D eigenvalue weighted by atomic mass is 16.3. The SMILES string of the molecule is CC(CO)CCCCC1C(O)CC2C3CC=C4CC(O)CCC4(C)C3CCC12C. The summed E-state index contributed by atoms with van der Waals surface area (Å²) in [7, 11) is 0. The molecule has 4 rings (SSSR count). The van der Waals surface area contributed by atoms with E-state index in [1.807, 2.05) is 0 Å². The number of fused-ring (bicyclic) bond motifs is 5. The number of allylic oxidation sites excluding steroid dienone is 1. The van der Waals surface area contributed by atoms with Crippen LogP contribution in [0.4, 0.5) is 0 Å². The molecular weight excluding hydrogens is 360 g/mol. The molecule has 3 saturated carbocycles. The zero-order chi connectivity index (χ0) is 20.8. The Morgan fingerprint density at radius 1 is 1.10 bits per heavy atom. The summed E-state index contributed by atoms with van der Waals surface area (Å²) in [6.07, 6.45) is 14.5. The molecule has 0 amide bonds. The quantitative estimate of drug-likeness (QED) is 0.427. The fraction of sp³-hybridized carbons (Fsp3) is 0.923. The number of rotatable bonds is 6. The van der Waals surface area contributed by atoms with Crippen LogP contribution in [0.2, 0.25) is 0 Å². The van der Waals surface area contributed by atoms with E-state index in [1.54, 1.807) is 0 Å². The van der Waals surface area contributed by atoms with Crippen molar-refractivity contribution in [1.82, 2.24) is 0 Å². The van der Waals surface area contributed by atoms with Crippen LogP contribution in [-0.4, -0.2) is 34.1 Å². The summed E-state index contributed by atoms with van der Waals surface area (Å²) in [5, 5.41) is 30.5. The van der Waals surface area contributed by atoms with Crippen molar-refractivity contribution in [3.8, 4) is 0 Å². The number of aliphatic hydroxyl groups excluding tert-OH is 3. The lowest BCUT2D eigenvalue weighted by Gasteiger charge is -2.58. The molecule has 9 atom stereocenters. The lowest BCUT2D eigenvalue weighted by atomic mass is 9.47. The first-order valence-electron chi connectivity index (χ1n) is 12.5. The van der Waals surface area contributed by atoms with Crippen molar-refractivity contribution in [3.05, 3.63) is 11.6 Å². The van der Waals surface area contributed by atoms with E-state index in [-0.39, 0.29) is 17.6 Å². The van der Waals surface area contributed by atoms with Gasteiger partial charge in [0, 0.05) is 6.61 Å². The minimum Gasteiger partial charge on any atom is -0.396 e. The van der Waals surface area contributed by atoms with Crippen LogP contribution in [0, 0.1) is 40.4 Å². The molecule has 0 aromatic rings. The van der Waals surface area contributed by atoms with E-state index in [9.17, 15) is 15.3 Å². The van der Waals surface area contributed by atoms with Gasteiger partial charge in [-0.2, -0.15) is 0 Å². The summed E-state index contributed by atoms with van der Waals surface area (Å²) in [4.78, 5) is 0. The van der Waals surface area contributed by atoms with E-state index in [0.717, 1.165) is 50.9 Å². The molecule has 0 aromatic heterocycles. The predicted molar refractivity (Wildman–Crippen MR) is 117 cm³/mol. The first-order valence-corrected chi connectivity index (χ1v) is 12.5. The molecule has 0 aliphatic heterocycles. The van der Waals surface area contributed by atoms with Gasteiger partial charge >= 0.3 is 0 Å². The molecule has 9 unspecified atom stereocenters. The molecule has 3 nitrogen and oxygen atoms in total. The van der Waals surface area contributed by atoms with Gasteiger partial charge in [0.05, 0.1) is 12.2 Å². The second-order valence-electron chi connectivity index (χ2n) is 11.7. The number of hydrogen-bond donors (Lipinski definition) is 3. The first-order chi connectivity index (χ1) is 13.8. The molecule has 29 heavy (non-hydrogen) atoms. The molecule has 0 saturated heterocycles. The number of unbranched alkanes of at least 4 members (excludes halogenated alkanes) is 1. The highest BCUT2D eigenvalue weighted by Crippen LogP contribution is 2.66. The predicted octanol–water partition coefficient (Wildman–Crippen LogP) is 5.09. The smallest absolute Gasteiger partial charge is 0.0577 e. The molecule has 0 aromatic carbocycles. The zero-order valence-corrected chi connectivity index (χ0v) is 18.9. The van der Waals surface area contributed by atoms with Crippen molar-refractivity contribution in [1.29, 1.82) is 0 Å². The van der Waals surface area contributed by atoms with Crippen molar-refractivity contribution < 1.29 is 15.3 Å². The Labute approximate surface area is 178 Å². The Kier molecular flexibility index (Phi) is 6.23. The average molecular weight is 405 g/mol. The van der Waals surface area contributed by atoms with Crippen LogP contribution in [0.25, 0.3) is 0 Å². The molecule has 0 spiro atoms. The van der Waals surface area contributed by atoms with Gasteiger partial charge in [-0.05, 0) is 98.2 Å². The van der Waals surface area contributed by atoms with Gasteiger partial charge in [-0.3, -0.25) is 0 Å². The monoisotopic (exact) mass is 404 g/mol. The Balaban J connectivity index is 1.46. The maximum absolute atomic E-state index is 11.1. The van der Waals surface area contributed by atoms with Crippen LogP contribution in [0.1, 0.15) is 91.4 Å².